The Labute approximate surface area is 109 Å². The molecule has 0 nitrogen and oxygen atoms in total. The van der Waals surface area contributed by atoms with Gasteiger partial charge in [0.2, 0.25) is 0 Å². The third-order valence-electron chi connectivity index (χ3n) is 6.31. The zero-order valence-corrected chi connectivity index (χ0v) is 12.6. The molecule has 100 valence electrons. The lowest BCUT2D eigenvalue weighted by Gasteiger charge is -2.22. The van der Waals surface area contributed by atoms with Crippen LogP contribution in [0.4, 0.5) is 0 Å². The summed E-state index contributed by atoms with van der Waals surface area (Å²) in [6.07, 6.45) is 7.61. The number of hydrogen-bond acceptors (Lipinski definition) is 0. The maximum Gasteiger partial charge on any atom is -0.0381 e. The average molecular weight is 236 g/mol. The minimum Gasteiger partial charge on any atom is -0.0625 e. The summed E-state index contributed by atoms with van der Waals surface area (Å²) in [4.78, 5) is 0. The summed E-state index contributed by atoms with van der Waals surface area (Å²) < 4.78 is 0. The monoisotopic (exact) mass is 236 g/mol. The number of hydrogen-bond donors (Lipinski definition) is 0. The van der Waals surface area contributed by atoms with Gasteiger partial charge in [0.1, 0.15) is 0 Å². The van der Waals surface area contributed by atoms with Crippen molar-refractivity contribution in [3.63, 3.8) is 0 Å². The smallest absolute Gasteiger partial charge is 0.0381 e. The molecule has 17 heavy (non-hydrogen) atoms. The summed E-state index contributed by atoms with van der Waals surface area (Å²) in [5.74, 6) is 6.95. The first-order chi connectivity index (χ1) is 7.99. The Morgan fingerprint density at radius 3 is 2.12 bits per heavy atom. The largest absolute Gasteiger partial charge is 0.0625 e. The highest BCUT2D eigenvalue weighted by Gasteiger charge is 2.37. The quantitative estimate of drug-likeness (QED) is 0.617. The van der Waals surface area contributed by atoms with Crippen molar-refractivity contribution >= 4 is 0 Å². The summed E-state index contributed by atoms with van der Waals surface area (Å²) in [7, 11) is 0. The van der Waals surface area contributed by atoms with E-state index in [0.29, 0.717) is 0 Å². The maximum absolute atomic E-state index is 2.51. The van der Waals surface area contributed by atoms with Crippen LogP contribution in [0.3, 0.4) is 0 Å². The minimum absolute atomic E-state index is 0.916. The van der Waals surface area contributed by atoms with Gasteiger partial charge in [0.05, 0.1) is 0 Å². The van der Waals surface area contributed by atoms with Gasteiger partial charge in [-0.25, -0.2) is 0 Å². The van der Waals surface area contributed by atoms with Gasteiger partial charge < -0.3 is 0 Å². The molecule has 0 aliphatic heterocycles. The van der Waals surface area contributed by atoms with Crippen LogP contribution in [-0.2, 0) is 0 Å². The van der Waals surface area contributed by atoms with E-state index in [9.17, 15) is 0 Å². The van der Waals surface area contributed by atoms with E-state index in [1.54, 1.807) is 6.42 Å². The molecule has 2 aliphatic rings. The Hall–Kier alpha value is 0. The first kappa shape index (κ1) is 13.4. The van der Waals surface area contributed by atoms with E-state index in [-0.39, 0.29) is 0 Å². The van der Waals surface area contributed by atoms with Crippen LogP contribution in [0.25, 0.3) is 0 Å². The van der Waals surface area contributed by atoms with E-state index in [4.69, 9.17) is 0 Å². The molecule has 2 aliphatic carbocycles. The van der Waals surface area contributed by atoms with Gasteiger partial charge in [0, 0.05) is 0 Å². The molecule has 0 amide bonds. The van der Waals surface area contributed by atoms with Crippen molar-refractivity contribution in [3.8, 4) is 0 Å². The first-order valence-electron chi connectivity index (χ1n) is 7.99. The molecule has 0 aromatic heterocycles. The molecule has 0 spiro atoms. The van der Waals surface area contributed by atoms with Crippen LogP contribution < -0.4 is 0 Å². The molecule has 0 bridgehead atoms. The SMILES string of the molecule is CC(C)C1CCC(CC2CC(C)C(C)C2C)C1. The second-order valence-electron chi connectivity index (χ2n) is 7.61. The second kappa shape index (κ2) is 5.33. The predicted molar refractivity (Wildman–Crippen MR) is 75.9 cm³/mol. The Morgan fingerprint density at radius 1 is 0.941 bits per heavy atom. The first-order valence-corrected chi connectivity index (χ1v) is 7.99. The van der Waals surface area contributed by atoms with E-state index in [1.807, 2.05) is 0 Å². The van der Waals surface area contributed by atoms with Crippen molar-refractivity contribution in [2.45, 2.75) is 66.7 Å². The summed E-state index contributed by atoms with van der Waals surface area (Å²) in [6, 6.07) is 0. The molecule has 2 rings (SSSR count). The van der Waals surface area contributed by atoms with Gasteiger partial charge in [-0.05, 0) is 67.1 Å². The lowest BCUT2D eigenvalue weighted by atomic mass is 9.83. The third-order valence-corrected chi connectivity index (χ3v) is 6.31. The van der Waals surface area contributed by atoms with E-state index in [2.05, 4.69) is 34.6 Å². The van der Waals surface area contributed by atoms with E-state index >= 15 is 0 Å². The Kier molecular flexibility index (Phi) is 4.21. The zero-order valence-electron chi connectivity index (χ0n) is 12.6. The van der Waals surface area contributed by atoms with Crippen LogP contribution in [0.5, 0.6) is 0 Å². The van der Waals surface area contributed by atoms with Crippen LogP contribution in [0.15, 0.2) is 0 Å². The van der Waals surface area contributed by atoms with Gasteiger partial charge in [0.15, 0.2) is 0 Å². The van der Waals surface area contributed by atoms with Crippen molar-refractivity contribution in [1.82, 2.24) is 0 Å². The molecule has 0 heterocycles. The van der Waals surface area contributed by atoms with Crippen molar-refractivity contribution in [2.75, 3.05) is 0 Å². The average Bonchev–Trinajstić information content (AvgIpc) is 2.82. The van der Waals surface area contributed by atoms with E-state index in [1.165, 1.54) is 25.7 Å². The normalized spacial score (nSPS) is 46.9. The Bertz CT molecular complexity index is 242. The summed E-state index contributed by atoms with van der Waals surface area (Å²) in [6.45, 7) is 12.3. The van der Waals surface area contributed by atoms with Crippen LogP contribution in [0.1, 0.15) is 66.7 Å². The van der Waals surface area contributed by atoms with Crippen molar-refractivity contribution in [3.05, 3.63) is 0 Å². The minimum atomic E-state index is 0.916. The maximum atomic E-state index is 2.51. The fourth-order valence-electron chi connectivity index (χ4n) is 4.53. The lowest BCUT2D eigenvalue weighted by molar-refractivity contribution is 0.279. The molecule has 0 aromatic carbocycles. The fourth-order valence-corrected chi connectivity index (χ4v) is 4.53. The second-order valence-corrected chi connectivity index (χ2v) is 7.61. The zero-order chi connectivity index (χ0) is 12.6. The predicted octanol–water partition coefficient (Wildman–Crippen LogP) is 5.38. The van der Waals surface area contributed by atoms with Crippen molar-refractivity contribution < 1.29 is 0 Å². The van der Waals surface area contributed by atoms with Gasteiger partial charge in [-0.1, -0.05) is 41.0 Å². The molecule has 0 N–H and O–H groups in total. The molecule has 0 radical (unpaired) electrons. The van der Waals surface area contributed by atoms with Gasteiger partial charge in [0.25, 0.3) is 0 Å². The summed E-state index contributed by atoms with van der Waals surface area (Å²) in [5, 5.41) is 0. The molecular formula is C17H32. The highest BCUT2D eigenvalue weighted by Crippen LogP contribution is 2.47. The van der Waals surface area contributed by atoms with Gasteiger partial charge in [-0.2, -0.15) is 0 Å². The topological polar surface area (TPSA) is 0 Å². The van der Waals surface area contributed by atoms with E-state index < -0.39 is 0 Å². The molecule has 0 aromatic rings. The molecule has 2 saturated carbocycles. The van der Waals surface area contributed by atoms with Gasteiger partial charge in [-0.3, -0.25) is 0 Å². The van der Waals surface area contributed by atoms with Crippen LogP contribution in [0.2, 0.25) is 0 Å². The Balaban J connectivity index is 1.83. The van der Waals surface area contributed by atoms with E-state index in [0.717, 1.165) is 41.4 Å². The molecule has 6 unspecified atom stereocenters. The Morgan fingerprint density at radius 2 is 1.65 bits per heavy atom. The number of rotatable bonds is 3. The van der Waals surface area contributed by atoms with Gasteiger partial charge in [-0.15, -0.1) is 0 Å². The summed E-state index contributed by atoms with van der Waals surface area (Å²) >= 11 is 0. The summed E-state index contributed by atoms with van der Waals surface area (Å²) in [5.41, 5.74) is 0. The fraction of sp³-hybridized carbons (Fsp3) is 1.00. The molecular weight excluding hydrogens is 204 g/mol. The highest BCUT2D eigenvalue weighted by molar-refractivity contribution is 4.87. The standard InChI is InChI=1S/C17H32/c1-11(2)16-7-6-15(9-16)10-17-8-12(3)13(4)14(17)5/h11-17H,6-10H2,1-5H3. The highest BCUT2D eigenvalue weighted by atomic mass is 14.4. The third kappa shape index (κ3) is 2.88. The van der Waals surface area contributed by atoms with Crippen molar-refractivity contribution in [2.24, 2.45) is 41.4 Å². The molecule has 0 heteroatoms. The van der Waals surface area contributed by atoms with Crippen molar-refractivity contribution in [1.29, 1.82) is 0 Å². The molecule has 6 atom stereocenters. The van der Waals surface area contributed by atoms with Crippen LogP contribution in [0, 0.1) is 41.4 Å². The molecule has 2 fully saturated rings. The van der Waals surface area contributed by atoms with Crippen LogP contribution >= 0.6 is 0 Å². The lowest BCUT2D eigenvalue weighted by Crippen LogP contribution is -2.13. The van der Waals surface area contributed by atoms with Crippen LogP contribution in [-0.4, -0.2) is 0 Å². The van der Waals surface area contributed by atoms with Gasteiger partial charge >= 0.3 is 0 Å². The molecule has 0 saturated heterocycles.